The Morgan fingerprint density at radius 2 is 1.86 bits per heavy atom. The van der Waals surface area contributed by atoms with Crippen LogP contribution in [-0.2, 0) is 14.8 Å². The molecule has 0 aliphatic heterocycles. The zero-order chi connectivity index (χ0) is 21.7. The topological polar surface area (TPSA) is 84.5 Å². The van der Waals surface area contributed by atoms with Crippen LogP contribution in [0.4, 0.5) is 0 Å². The highest BCUT2D eigenvalue weighted by Gasteiger charge is 2.32. The number of hydrogen-bond donors (Lipinski definition) is 2. The van der Waals surface area contributed by atoms with Gasteiger partial charge in [-0.25, -0.2) is 13.1 Å². The molecule has 0 radical (unpaired) electrons. The van der Waals surface area contributed by atoms with E-state index in [1.165, 1.54) is 19.2 Å². The van der Waals surface area contributed by atoms with Crippen molar-refractivity contribution in [2.24, 2.45) is 11.3 Å². The van der Waals surface area contributed by atoms with Gasteiger partial charge in [-0.15, -0.1) is 0 Å². The second-order valence-electron chi connectivity index (χ2n) is 8.73. The maximum Gasteiger partial charge on any atom is 0.251 e. The van der Waals surface area contributed by atoms with Crippen LogP contribution in [0.5, 0.6) is 0 Å². The van der Waals surface area contributed by atoms with Crippen LogP contribution >= 0.6 is 0 Å². The molecule has 6 nitrogen and oxygen atoms in total. The molecule has 1 fully saturated rings. The Bertz CT molecular complexity index is 797. The van der Waals surface area contributed by atoms with E-state index in [-0.39, 0.29) is 30.0 Å². The highest BCUT2D eigenvalue weighted by molar-refractivity contribution is 7.89. The maximum absolute atomic E-state index is 12.9. The molecular formula is C22H36N2O4S. The van der Waals surface area contributed by atoms with Crippen molar-refractivity contribution in [2.75, 3.05) is 20.3 Å². The fourth-order valence-corrected chi connectivity index (χ4v) is 4.98. The molecule has 1 aromatic rings. The zero-order valence-electron chi connectivity index (χ0n) is 18.4. The summed E-state index contributed by atoms with van der Waals surface area (Å²) < 4.78 is 32.3. The average molecular weight is 425 g/mol. The molecule has 1 aliphatic rings. The molecule has 0 unspecified atom stereocenters. The Morgan fingerprint density at radius 1 is 1.21 bits per heavy atom. The molecular weight excluding hydrogens is 388 g/mol. The predicted octanol–water partition coefficient (Wildman–Crippen LogP) is 3.64. The van der Waals surface area contributed by atoms with E-state index in [1.54, 1.807) is 6.07 Å². The number of sulfonamides is 1. The second kappa shape index (κ2) is 10.0. The molecule has 0 spiro atoms. The van der Waals surface area contributed by atoms with Crippen LogP contribution in [0.2, 0.25) is 0 Å². The number of rotatable bonds is 9. The van der Waals surface area contributed by atoms with E-state index >= 15 is 0 Å². The Hall–Kier alpha value is -1.44. The van der Waals surface area contributed by atoms with Crippen LogP contribution in [0.1, 0.15) is 68.8 Å². The smallest absolute Gasteiger partial charge is 0.251 e. The zero-order valence-corrected chi connectivity index (χ0v) is 19.2. The van der Waals surface area contributed by atoms with Gasteiger partial charge in [-0.1, -0.05) is 33.3 Å². The summed E-state index contributed by atoms with van der Waals surface area (Å²) in [5.74, 6) is 0.490. The highest BCUT2D eigenvalue weighted by atomic mass is 32.2. The van der Waals surface area contributed by atoms with E-state index in [9.17, 15) is 13.2 Å². The number of methoxy groups -OCH3 is 1. The van der Waals surface area contributed by atoms with E-state index in [0.29, 0.717) is 16.9 Å². The largest absolute Gasteiger partial charge is 0.383 e. The molecule has 0 bridgehead atoms. The van der Waals surface area contributed by atoms with Crippen molar-refractivity contribution < 1.29 is 17.9 Å². The van der Waals surface area contributed by atoms with Gasteiger partial charge in [0.2, 0.25) is 10.0 Å². The molecule has 0 aromatic heterocycles. The van der Waals surface area contributed by atoms with Crippen LogP contribution in [0, 0.1) is 18.3 Å². The molecule has 1 amide bonds. The fraction of sp³-hybridized carbons (Fsp3) is 0.682. The molecule has 0 atom stereocenters. The number of hydrogen-bond acceptors (Lipinski definition) is 4. The number of aryl methyl sites for hydroxylation is 1. The Balaban J connectivity index is 2.04. The van der Waals surface area contributed by atoms with Crippen molar-refractivity contribution in [3.05, 3.63) is 29.3 Å². The van der Waals surface area contributed by atoms with Crippen molar-refractivity contribution >= 4 is 15.9 Å². The second-order valence-corrected chi connectivity index (χ2v) is 10.5. The molecule has 1 aromatic carbocycles. The van der Waals surface area contributed by atoms with Crippen molar-refractivity contribution in [1.82, 2.24) is 10.0 Å². The summed E-state index contributed by atoms with van der Waals surface area (Å²) in [4.78, 5) is 13.0. The molecule has 1 aliphatic carbocycles. The lowest BCUT2D eigenvalue weighted by Gasteiger charge is -2.39. The summed E-state index contributed by atoms with van der Waals surface area (Å²) >= 11 is 0. The summed E-state index contributed by atoms with van der Waals surface area (Å²) in [7, 11) is -2.16. The molecule has 0 heterocycles. The minimum atomic E-state index is -3.67. The van der Waals surface area contributed by atoms with Crippen LogP contribution < -0.4 is 10.0 Å². The summed E-state index contributed by atoms with van der Waals surface area (Å²) in [6.07, 6.45) is 5.32. The van der Waals surface area contributed by atoms with Crippen molar-refractivity contribution in [1.29, 1.82) is 0 Å². The first-order valence-electron chi connectivity index (χ1n) is 10.5. The lowest BCUT2D eigenvalue weighted by Crippen LogP contribution is -2.40. The van der Waals surface area contributed by atoms with Gasteiger partial charge in [-0.2, -0.15) is 0 Å². The third-order valence-electron chi connectivity index (χ3n) is 6.44. The third kappa shape index (κ3) is 6.27. The molecule has 2 rings (SSSR count). The lowest BCUT2D eigenvalue weighted by atomic mass is 9.69. The Morgan fingerprint density at radius 3 is 2.45 bits per heavy atom. The van der Waals surface area contributed by atoms with E-state index in [1.807, 2.05) is 6.92 Å². The van der Waals surface area contributed by atoms with Crippen molar-refractivity contribution in [2.45, 2.75) is 70.7 Å². The third-order valence-corrected chi connectivity index (χ3v) is 7.90. The number of amides is 1. The molecule has 164 valence electrons. The van der Waals surface area contributed by atoms with Gasteiger partial charge < -0.3 is 10.1 Å². The number of ether oxygens (including phenoxy) is 1. The van der Waals surface area contributed by atoms with Gasteiger partial charge in [-0.3, -0.25) is 4.79 Å². The van der Waals surface area contributed by atoms with Crippen LogP contribution in [-0.4, -0.2) is 40.6 Å². The normalized spacial score (nSPS) is 20.4. The Kier molecular flexibility index (Phi) is 8.26. The van der Waals surface area contributed by atoms with E-state index < -0.39 is 10.0 Å². The average Bonchev–Trinajstić information content (AvgIpc) is 2.68. The highest BCUT2D eigenvalue weighted by Crippen LogP contribution is 2.40. The standard InChI is InChI=1S/C22H36N2O4S/c1-6-22(3,4)17-8-10-18(11-9-17)24-21(25)20-15-19(12-7-16(20)2)29(26,27)23-13-14-28-5/h7,12,15,17-18,23H,6,8-11,13-14H2,1-5H3,(H,24,25). The summed E-state index contributed by atoms with van der Waals surface area (Å²) in [5.41, 5.74) is 1.51. The van der Waals surface area contributed by atoms with Gasteiger partial charge in [0, 0.05) is 25.3 Å². The van der Waals surface area contributed by atoms with E-state index in [0.717, 1.165) is 37.7 Å². The first kappa shape index (κ1) is 23.8. The van der Waals surface area contributed by atoms with Crippen LogP contribution in [0.3, 0.4) is 0 Å². The number of benzene rings is 1. The number of nitrogens with one attached hydrogen (secondary N) is 2. The molecule has 0 saturated heterocycles. The van der Waals surface area contributed by atoms with Crippen molar-refractivity contribution in [3.63, 3.8) is 0 Å². The molecule has 1 saturated carbocycles. The minimum absolute atomic E-state index is 0.0951. The van der Waals surface area contributed by atoms with Gasteiger partial charge >= 0.3 is 0 Å². The monoisotopic (exact) mass is 424 g/mol. The summed E-state index contributed by atoms with van der Waals surface area (Å²) in [5, 5.41) is 3.12. The minimum Gasteiger partial charge on any atom is -0.383 e. The quantitative estimate of drug-likeness (QED) is 0.593. The summed E-state index contributed by atoms with van der Waals surface area (Å²) in [6, 6.07) is 4.82. The first-order valence-corrected chi connectivity index (χ1v) is 12.0. The molecule has 29 heavy (non-hydrogen) atoms. The van der Waals surface area contributed by atoms with Gasteiger partial charge in [0.1, 0.15) is 0 Å². The molecule has 2 N–H and O–H groups in total. The van der Waals surface area contributed by atoms with Crippen LogP contribution in [0.25, 0.3) is 0 Å². The lowest BCUT2D eigenvalue weighted by molar-refractivity contribution is 0.0892. The maximum atomic E-state index is 12.9. The van der Waals surface area contributed by atoms with Gasteiger partial charge in [0.05, 0.1) is 11.5 Å². The van der Waals surface area contributed by atoms with Crippen LogP contribution in [0.15, 0.2) is 23.1 Å². The van der Waals surface area contributed by atoms with Gasteiger partial charge in [0.15, 0.2) is 0 Å². The predicted molar refractivity (Wildman–Crippen MR) is 116 cm³/mol. The Labute approximate surface area is 175 Å². The van der Waals surface area contributed by atoms with Gasteiger partial charge in [-0.05, 0) is 61.6 Å². The van der Waals surface area contributed by atoms with E-state index in [2.05, 4.69) is 30.8 Å². The molecule has 7 heteroatoms. The number of carbonyl (C=O) groups is 1. The number of carbonyl (C=O) groups excluding carboxylic acids is 1. The van der Waals surface area contributed by atoms with E-state index in [4.69, 9.17) is 4.74 Å². The fourth-order valence-electron chi connectivity index (χ4n) is 3.95. The first-order chi connectivity index (χ1) is 13.6. The van der Waals surface area contributed by atoms with Gasteiger partial charge in [0.25, 0.3) is 5.91 Å². The van der Waals surface area contributed by atoms with Crippen molar-refractivity contribution in [3.8, 4) is 0 Å². The summed E-state index contributed by atoms with van der Waals surface area (Å²) in [6.45, 7) is 9.19. The SMILES string of the molecule is CCC(C)(C)C1CCC(NC(=O)c2cc(S(=O)(=O)NCCOC)ccc2C)CC1.